The smallest absolute Gasteiger partial charge is 0.205 e. The Balaban J connectivity index is 1.55. The molecule has 0 aliphatic heterocycles. The van der Waals surface area contributed by atoms with Crippen molar-refractivity contribution in [1.82, 2.24) is 35.4 Å². The molecular weight excluding hydrogens is 398 g/mol. The van der Waals surface area contributed by atoms with E-state index in [9.17, 15) is 0 Å². The third-order valence-electron chi connectivity index (χ3n) is 5.50. The lowest BCUT2D eigenvalue weighted by Crippen LogP contribution is -2.07. The maximum absolute atomic E-state index is 4.85. The zero-order valence-corrected chi connectivity index (χ0v) is 19.1. The Morgan fingerprint density at radius 1 is 0.969 bits per heavy atom. The molecule has 2 aromatic carbocycles. The van der Waals surface area contributed by atoms with Crippen LogP contribution in [0.2, 0.25) is 0 Å². The summed E-state index contributed by atoms with van der Waals surface area (Å²) < 4.78 is 2.09. The first-order valence-corrected chi connectivity index (χ1v) is 11.5. The normalized spacial score (nSPS) is 11.4. The summed E-state index contributed by atoms with van der Waals surface area (Å²) in [5.74, 6) is 3.20. The minimum Gasteiger partial charge on any atom is -0.245 e. The summed E-state index contributed by atoms with van der Waals surface area (Å²) in [5.41, 5.74) is 4.38. The highest BCUT2D eigenvalue weighted by molar-refractivity contribution is 5.80. The molecule has 0 aliphatic rings. The molecule has 0 bridgehead atoms. The third-order valence-corrected chi connectivity index (χ3v) is 5.50. The highest BCUT2D eigenvalue weighted by Crippen LogP contribution is 2.29. The molecule has 0 amide bonds. The molecule has 0 unspecified atom stereocenters. The lowest BCUT2D eigenvalue weighted by molar-refractivity contribution is 0.589. The number of nitrogens with one attached hydrogen (secondary N) is 1. The van der Waals surface area contributed by atoms with Gasteiger partial charge in [-0.1, -0.05) is 82.1 Å². The van der Waals surface area contributed by atoms with E-state index >= 15 is 0 Å². The van der Waals surface area contributed by atoms with E-state index in [1.807, 2.05) is 18.2 Å². The number of tetrazole rings is 1. The fourth-order valence-electron chi connectivity index (χ4n) is 3.89. The predicted octanol–water partition coefficient (Wildman–Crippen LogP) is 5.10. The van der Waals surface area contributed by atoms with Crippen LogP contribution in [-0.2, 0) is 19.4 Å². The van der Waals surface area contributed by atoms with Crippen LogP contribution >= 0.6 is 0 Å². The molecule has 4 rings (SSSR count). The molecule has 0 atom stereocenters. The van der Waals surface area contributed by atoms with Crippen LogP contribution in [-0.4, -0.2) is 35.4 Å². The molecule has 0 saturated carbocycles. The van der Waals surface area contributed by atoms with Crippen molar-refractivity contribution in [2.45, 2.75) is 59.4 Å². The minimum absolute atomic E-state index is 0.549. The fourth-order valence-corrected chi connectivity index (χ4v) is 3.89. The van der Waals surface area contributed by atoms with Gasteiger partial charge in [0.2, 0.25) is 5.82 Å². The third kappa shape index (κ3) is 5.28. The highest BCUT2D eigenvalue weighted by atomic mass is 15.5. The second-order valence-electron chi connectivity index (χ2n) is 8.63. The predicted molar refractivity (Wildman–Crippen MR) is 126 cm³/mol. The average Bonchev–Trinajstić information content (AvgIpc) is 3.45. The van der Waals surface area contributed by atoms with E-state index in [1.165, 1.54) is 18.4 Å². The summed E-state index contributed by atoms with van der Waals surface area (Å²) in [6, 6.07) is 16.8. The molecule has 4 aromatic rings. The molecule has 32 heavy (non-hydrogen) atoms. The minimum atomic E-state index is 0.549. The fraction of sp³-hybridized carbons (Fsp3) is 0.400. The van der Waals surface area contributed by atoms with Gasteiger partial charge in [0.05, 0.1) is 6.54 Å². The monoisotopic (exact) mass is 429 g/mol. The van der Waals surface area contributed by atoms with E-state index in [2.05, 4.69) is 76.4 Å². The van der Waals surface area contributed by atoms with Gasteiger partial charge < -0.3 is 0 Å². The van der Waals surface area contributed by atoms with Gasteiger partial charge in [0.1, 0.15) is 5.82 Å². The number of hydrogen-bond acceptors (Lipinski definition) is 5. The average molecular weight is 430 g/mol. The quantitative estimate of drug-likeness (QED) is 0.354. The number of nitrogens with zero attached hydrogens (tertiary/aromatic N) is 6. The zero-order chi connectivity index (χ0) is 22.3. The Bertz CT molecular complexity index is 1110. The molecule has 0 radical (unpaired) electrons. The molecule has 0 saturated heterocycles. The summed E-state index contributed by atoms with van der Waals surface area (Å²) in [5, 5.41) is 19.3. The number of H-pyrrole nitrogens is 1. The lowest BCUT2D eigenvalue weighted by atomic mass is 9.98. The number of benzene rings is 2. The Hall–Kier alpha value is -3.35. The molecular formula is C25H31N7. The van der Waals surface area contributed by atoms with E-state index in [0.29, 0.717) is 11.7 Å². The summed E-state index contributed by atoms with van der Waals surface area (Å²) in [7, 11) is 0. The Labute approximate surface area is 189 Å². The van der Waals surface area contributed by atoms with Gasteiger partial charge in [-0.15, -0.1) is 10.2 Å². The van der Waals surface area contributed by atoms with Crippen molar-refractivity contribution < 1.29 is 0 Å². The standard InChI is InChI=1S/C25H31N7/c1-4-5-6-11-24-26-23(16-18(2)3)29-32(24)17-19-12-14-20(15-13-19)21-9-7-8-10-22(21)25-27-30-31-28-25/h7-10,12-15,18H,4-6,11,16-17H2,1-3H3,(H,27,28,30,31). The van der Waals surface area contributed by atoms with Crippen LogP contribution in [0.4, 0.5) is 0 Å². The Morgan fingerprint density at radius 3 is 2.44 bits per heavy atom. The number of aromatic amines is 1. The molecule has 0 fully saturated rings. The van der Waals surface area contributed by atoms with Crippen LogP contribution in [0.3, 0.4) is 0 Å². The van der Waals surface area contributed by atoms with Crippen molar-refractivity contribution in [2.75, 3.05) is 0 Å². The van der Waals surface area contributed by atoms with Gasteiger partial charge in [0.15, 0.2) is 5.82 Å². The summed E-state index contributed by atoms with van der Waals surface area (Å²) in [6.45, 7) is 7.39. The van der Waals surface area contributed by atoms with Crippen LogP contribution in [0.15, 0.2) is 48.5 Å². The molecule has 0 aliphatic carbocycles. The van der Waals surface area contributed by atoms with E-state index in [1.54, 1.807) is 0 Å². The summed E-state index contributed by atoms with van der Waals surface area (Å²) in [6.07, 6.45) is 5.48. The van der Waals surface area contributed by atoms with Crippen LogP contribution in [0.1, 0.15) is 57.2 Å². The van der Waals surface area contributed by atoms with Gasteiger partial charge in [-0.2, -0.15) is 10.3 Å². The molecule has 2 heterocycles. The van der Waals surface area contributed by atoms with E-state index in [4.69, 9.17) is 10.1 Å². The van der Waals surface area contributed by atoms with Crippen LogP contribution < -0.4 is 0 Å². The van der Waals surface area contributed by atoms with Crippen molar-refractivity contribution in [1.29, 1.82) is 0 Å². The van der Waals surface area contributed by atoms with Crippen molar-refractivity contribution in [2.24, 2.45) is 5.92 Å². The van der Waals surface area contributed by atoms with Gasteiger partial charge in [-0.25, -0.2) is 9.67 Å². The van der Waals surface area contributed by atoms with Crippen molar-refractivity contribution in [3.05, 3.63) is 65.7 Å². The zero-order valence-electron chi connectivity index (χ0n) is 19.1. The lowest BCUT2D eigenvalue weighted by Gasteiger charge is -2.09. The second-order valence-corrected chi connectivity index (χ2v) is 8.63. The van der Waals surface area contributed by atoms with Gasteiger partial charge in [-0.3, -0.25) is 0 Å². The van der Waals surface area contributed by atoms with Crippen LogP contribution in [0.25, 0.3) is 22.5 Å². The van der Waals surface area contributed by atoms with Crippen molar-refractivity contribution in [3.8, 4) is 22.5 Å². The first kappa shape index (κ1) is 21.9. The molecule has 1 N–H and O–H groups in total. The van der Waals surface area contributed by atoms with Gasteiger partial charge >= 0.3 is 0 Å². The highest BCUT2D eigenvalue weighted by Gasteiger charge is 2.13. The Kier molecular flexibility index (Phi) is 7.04. The van der Waals surface area contributed by atoms with Crippen LogP contribution in [0, 0.1) is 5.92 Å². The number of hydrogen-bond donors (Lipinski definition) is 1. The molecule has 0 spiro atoms. The summed E-state index contributed by atoms with van der Waals surface area (Å²) >= 11 is 0. The molecule has 7 nitrogen and oxygen atoms in total. The number of aromatic nitrogens is 7. The molecule has 2 aromatic heterocycles. The van der Waals surface area contributed by atoms with Gasteiger partial charge in [0, 0.05) is 18.4 Å². The van der Waals surface area contributed by atoms with E-state index < -0.39 is 0 Å². The second kappa shape index (κ2) is 10.3. The number of rotatable bonds is 10. The topological polar surface area (TPSA) is 85.2 Å². The maximum atomic E-state index is 4.85. The first-order chi connectivity index (χ1) is 15.6. The van der Waals surface area contributed by atoms with Crippen LogP contribution in [0.5, 0.6) is 0 Å². The summed E-state index contributed by atoms with van der Waals surface area (Å²) in [4.78, 5) is 4.85. The van der Waals surface area contributed by atoms with Gasteiger partial charge in [0.25, 0.3) is 0 Å². The van der Waals surface area contributed by atoms with E-state index in [0.717, 1.165) is 54.1 Å². The number of aryl methyl sites for hydroxylation is 1. The molecule has 7 heteroatoms. The maximum Gasteiger partial charge on any atom is 0.205 e. The van der Waals surface area contributed by atoms with Crippen molar-refractivity contribution >= 4 is 0 Å². The Morgan fingerprint density at radius 2 is 1.75 bits per heavy atom. The van der Waals surface area contributed by atoms with Crippen molar-refractivity contribution in [3.63, 3.8) is 0 Å². The van der Waals surface area contributed by atoms with E-state index in [-0.39, 0.29) is 0 Å². The molecule has 166 valence electrons. The first-order valence-electron chi connectivity index (χ1n) is 11.5. The largest absolute Gasteiger partial charge is 0.245 e. The number of unbranched alkanes of at least 4 members (excludes halogenated alkanes) is 2. The van der Waals surface area contributed by atoms with Gasteiger partial charge in [-0.05, 0) is 34.2 Å². The SMILES string of the molecule is CCCCCc1nc(CC(C)C)nn1Cc1ccc(-c2ccccc2-c2nn[nH]n2)cc1.